The average molecular weight is 517 g/mol. The number of benzene rings is 2. The van der Waals surface area contributed by atoms with Crippen LogP contribution >= 0.6 is 39.1 Å². The van der Waals surface area contributed by atoms with E-state index in [1.54, 1.807) is 12.1 Å². The van der Waals surface area contributed by atoms with Crippen LogP contribution in [0.4, 0.5) is 5.69 Å². The van der Waals surface area contributed by atoms with Gasteiger partial charge in [-0.1, -0.05) is 37.0 Å². The quantitative estimate of drug-likeness (QED) is 0.433. The van der Waals surface area contributed by atoms with Crippen LogP contribution in [0.25, 0.3) is 11.0 Å². The lowest BCUT2D eigenvalue weighted by Gasteiger charge is -2.27. The van der Waals surface area contributed by atoms with E-state index in [4.69, 9.17) is 27.6 Å². The fourth-order valence-electron chi connectivity index (χ4n) is 3.61. The number of nitrogens with one attached hydrogen (secondary N) is 1. The molecule has 5 nitrogen and oxygen atoms in total. The van der Waals surface area contributed by atoms with Crippen molar-refractivity contribution in [1.82, 2.24) is 0 Å². The van der Waals surface area contributed by atoms with Crippen molar-refractivity contribution in [3.05, 3.63) is 56.2 Å². The van der Waals surface area contributed by atoms with E-state index in [1.807, 2.05) is 13.8 Å². The van der Waals surface area contributed by atoms with Gasteiger partial charge in [0.25, 0.3) is 10.0 Å². The van der Waals surface area contributed by atoms with Crippen LogP contribution in [0.2, 0.25) is 10.0 Å². The minimum Gasteiger partial charge on any atom is -0.459 e. The Balaban J connectivity index is 1.81. The van der Waals surface area contributed by atoms with Crippen LogP contribution in [-0.4, -0.2) is 14.2 Å². The molecule has 152 valence electrons. The molecule has 1 aliphatic carbocycles. The van der Waals surface area contributed by atoms with Crippen LogP contribution in [0.1, 0.15) is 36.4 Å². The summed E-state index contributed by atoms with van der Waals surface area (Å²) in [5.41, 5.74) is 1.13. The van der Waals surface area contributed by atoms with Crippen molar-refractivity contribution in [1.29, 1.82) is 0 Å². The van der Waals surface area contributed by atoms with Crippen molar-refractivity contribution < 1.29 is 17.6 Å². The number of hydrogen-bond acceptors (Lipinski definition) is 4. The van der Waals surface area contributed by atoms with Crippen molar-refractivity contribution in [3.63, 3.8) is 0 Å². The maximum atomic E-state index is 12.8. The molecule has 0 aliphatic heterocycles. The monoisotopic (exact) mass is 515 g/mol. The van der Waals surface area contributed by atoms with E-state index < -0.39 is 10.0 Å². The van der Waals surface area contributed by atoms with Crippen LogP contribution in [0, 0.1) is 5.41 Å². The van der Waals surface area contributed by atoms with Crippen LogP contribution < -0.4 is 4.72 Å². The lowest BCUT2D eigenvalue weighted by molar-refractivity contribution is 0.0906. The Hall–Kier alpha value is -1.54. The zero-order valence-corrected chi connectivity index (χ0v) is 19.4. The third-order valence-electron chi connectivity index (χ3n) is 4.81. The van der Waals surface area contributed by atoms with Gasteiger partial charge in [0.05, 0.1) is 20.7 Å². The highest BCUT2D eigenvalue weighted by atomic mass is 79.9. The van der Waals surface area contributed by atoms with Crippen molar-refractivity contribution in [3.8, 4) is 0 Å². The van der Waals surface area contributed by atoms with Crippen LogP contribution in [0.15, 0.2) is 44.1 Å². The van der Waals surface area contributed by atoms with Gasteiger partial charge in [-0.15, -0.1) is 0 Å². The summed E-state index contributed by atoms with van der Waals surface area (Å²) in [6, 6.07) is 7.41. The van der Waals surface area contributed by atoms with E-state index >= 15 is 0 Å². The molecule has 4 rings (SSSR count). The predicted molar refractivity (Wildman–Crippen MR) is 118 cm³/mol. The van der Waals surface area contributed by atoms with Crippen molar-refractivity contribution in [2.45, 2.75) is 31.6 Å². The van der Waals surface area contributed by atoms with Crippen molar-refractivity contribution >= 4 is 71.6 Å². The van der Waals surface area contributed by atoms with Crippen LogP contribution in [-0.2, 0) is 16.4 Å². The zero-order valence-electron chi connectivity index (χ0n) is 15.5. The Kier molecular flexibility index (Phi) is 5.01. The minimum atomic E-state index is -3.99. The summed E-state index contributed by atoms with van der Waals surface area (Å²) in [6.07, 6.45) is 1.04. The summed E-state index contributed by atoms with van der Waals surface area (Å²) in [4.78, 5) is 12.6. The Morgan fingerprint density at radius 2 is 1.86 bits per heavy atom. The first kappa shape index (κ1) is 20.7. The number of Topliss-reactive ketones (excluding diaryl/α,β-unsaturated/α-hetero) is 1. The van der Waals surface area contributed by atoms with Gasteiger partial charge < -0.3 is 4.42 Å². The summed E-state index contributed by atoms with van der Waals surface area (Å²) in [6.45, 7) is 4.04. The number of hydrogen-bond donors (Lipinski definition) is 1. The average Bonchev–Trinajstić information content (AvgIpc) is 2.94. The number of rotatable bonds is 3. The van der Waals surface area contributed by atoms with E-state index in [0.29, 0.717) is 39.6 Å². The molecule has 1 heterocycles. The Bertz CT molecular complexity index is 1280. The third kappa shape index (κ3) is 3.81. The molecule has 1 N–H and O–H groups in total. The summed E-state index contributed by atoms with van der Waals surface area (Å²) in [7, 11) is -3.99. The molecular weight excluding hydrogens is 501 g/mol. The van der Waals surface area contributed by atoms with E-state index in [-0.39, 0.29) is 31.8 Å². The highest BCUT2D eigenvalue weighted by molar-refractivity contribution is 9.10. The molecule has 0 amide bonds. The summed E-state index contributed by atoms with van der Waals surface area (Å²) in [5, 5.41) is 0.883. The fourth-order valence-corrected chi connectivity index (χ4v) is 5.96. The minimum absolute atomic E-state index is 0.0141. The van der Waals surface area contributed by atoms with Gasteiger partial charge in [-0.25, -0.2) is 8.42 Å². The van der Waals surface area contributed by atoms with Crippen molar-refractivity contribution in [2.75, 3.05) is 4.72 Å². The van der Waals surface area contributed by atoms with E-state index in [1.165, 1.54) is 18.2 Å². The lowest BCUT2D eigenvalue weighted by Crippen LogP contribution is -2.25. The molecule has 1 aliphatic rings. The second-order valence-electron chi connectivity index (χ2n) is 7.86. The molecule has 29 heavy (non-hydrogen) atoms. The molecule has 9 heteroatoms. The molecular formula is C20H16BrCl2NO4S. The molecule has 2 aromatic carbocycles. The first-order valence-corrected chi connectivity index (χ1v) is 11.8. The maximum absolute atomic E-state index is 12.8. The molecule has 3 aromatic rings. The van der Waals surface area contributed by atoms with Gasteiger partial charge >= 0.3 is 0 Å². The number of furan rings is 1. The summed E-state index contributed by atoms with van der Waals surface area (Å²) in [5.74, 6) is 0.611. The van der Waals surface area contributed by atoms with Gasteiger partial charge in [0.15, 0.2) is 5.78 Å². The number of sulfonamides is 1. The third-order valence-corrected chi connectivity index (χ3v) is 7.50. The molecule has 0 atom stereocenters. The normalized spacial score (nSPS) is 16.1. The Labute approximate surface area is 186 Å². The molecule has 0 spiro atoms. The zero-order chi connectivity index (χ0) is 21.1. The number of anilines is 1. The number of ketones is 1. The predicted octanol–water partition coefficient (Wildman–Crippen LogP) is 6.46. The number of halogens is 3. The fraction of sp³-hybridized carbons (Fsp3) is 0.250. The van der Waals surface area contributed by atoms with Gasteiger partial charge in [0.1, 0.15) is 16.2 Å². The van der Waals surface area contributed by atoms with Gasteiger partial charge in [-0.2, -0.15) is 0 Å². The smallest absolute Gasteiger partial charge is 0.263 e. The summed E-state index contributed by atoms with van der Waals surface area (Å²) >= 11 is 15.4. The topological polar surface area (TPSA) is 76.4 Å². The Morgan fingerprint density at radius 1 is 1.14 bits per heavy atom. The number of carbonyl (C=O) groups excluding carboxylic acids is 1. The first-order valence-electron chi connectivity index (χ1n) is 8.73. The second kappa shape index (κ2) is 7.01. The molecule has 0 unspecified atom stereocenters. The number of fused-ring (bicyclic) bond motifs is 3. The highest BCUT2D eigenvalue weighted by Gasteiger charge is 2.35. The molecule has 1 aromatic heterocycles. The Morgan fingerprint density at radius 3 is 2.59 bits per heavy atom. The van der Waals surface area contributed by atoms with Crippen LogP contribution in [0.5, 0.6) is 0 Å². The first-order chi connectivity index (χ1) is 13.5. The molecule has 0 bridgehead atoms. The lowest BCUT2D eigenvalue weighted by atomic mass is 9.76. The molecule has 0 saturated carbocycles. The van der Waals surface area contributed by atoms with E-state index in [2.05, 4.69) is 20.7 Å². The van der Waals surface area contributed by atoms with Crippen LogP contribution in [0.3, 0.4) is 0 Å². The molecule has 0 saturated heterocycles. The van der Waals surface area contributed by atoms with E-state index in [9.17, 15) is 13.2 Å². The van der Waals surface area contributed by atoms with Gasteiger partial charge in [-0.05, 0) is 51.7 Å². The van der Waals surface area contributed by atoms with E-state index in [0.717, 1.165) is 0 Å². The van der Waals surface area contributed by atoms with Gasteiger partial charge in [-0.3, -0.25) is 9.52 Å². The SMILES string of the molecule is CC1(C)CC(=O)c2c(oc3c(Br)cc(NS(=O)(=O)c4cc(Cl)ccc4Cl)cc23)C1. The molecule has 0 radical (unpaired) electrons. The molecule has 0 fully saturated rings. The van der Waals surface area contributed by atoms with Crippen molar-refractivity contribution in [2.24, 2.45) is 5.41 Å². The summed E-state index contributed by atoms with van der Waals surface area (Å²) < 4.78 is 34.7. The van der Waals surface area contributed by atoms with Gasteiger partial charge in [0.2, 0.25) is 0 Å². The standard InChI is InChI=1S/C20H16BrCl2NO4S/c1-20(2)8-15(25)18-12-6-11(7-13(21)19(12)28-16(18)9-20)24-29(26,27)17-5-10(22)3-4-14(17)23/h3-7,24H,8-9H2,1-2H3. The maximum Gasteiger partial charge on any atom is 0.263 e. The number of carbonyl (C=O) groups is 1. The largest absolute Gasteiger partial charge is 0.459 e. The highest BCUT2D eigenvalue weighted by Crippen LogP contribution is 2.42. The van der Waals surface area contributed by atoms with Gasteiger partial charge in [0, 0.05) is 23.3 Å². The second-order valence-corrected chi connectivity index (χ2v) is 11.2.